The van der Waals surface area contributed by atoms with Crippen LogP contribution in [0.2, 0.25) is 0 Å². The van der Waals surface area contributed by atoms with Crippen molar-refractivity contribution in [2.45, 2.75) is 13.5 Å². The zero-order chi connectivity index (χ0) is 19.5. The Hall–Kier alpha value is -3.87. The van der Waals surface area contributed by atoms with Gasteiger partial charge >= 0.3 is 11.7 Å². The van der Waals surface area contributed by atoms with E-state index in [0.717, 1.165) is 11.3 Å². The molecular formula is C21H17N3O4. The lowest BCUT2D eigenvalue weighted by Gasteiger charge is -2.06. The molecule has 0 bridgehead atoms. The van der Waals surface area contributed by atoms with Crippen molar-refractivity contribution in [2.24, 2.45) is 0 Å². The number of aromatic amines is 1. The number of H-pyrrole nitrogens is 1. The zero-order valence-electron chi connectivity index (χ0n) is 15.1. The SMILES string of the molecule is Cc1c[nH]c(=O)n1-c1ccc(C(=O)OCc2cc(-c3ccccc3)no2)cc1. The molecule has 0 aliphatic heterocycles. The van der Waals surface area contributed by atoms with Gasteiger partial charge in [-0.2, -0.15) is 0 Å². The normalized spacial score (nSPS) is 10.8. The minimum Gasteiger partial charge on any atom is -0.454 e. The summed E-state index contributed by atoms with van der Waals surface area (Å²) in [6.07, 6.45) is 1.63. The molecule has 140 valence electrons. The maximum atomic E-state index is 12.3. The van der Waals surface area contributed by atoms with Gasteiger partial charge < -0.3 is 14.2 Å². The highest BCUT2D eigenvalue weighted by Crippen LogP contribution is 2.19. The van der Waals surface area contributed by atoms with Gasteiger partial charge in [-0.3, -0.25) is 4.57 Å². The second kappa shape index (κ2) is 7.40. The van der Waals surface area contributed by atoms with E-state index in [1.165, 1.54) is 4.57 Å². The molecule has 0 amide bonds. The number of imidazole rings is 1. The Kier molecular flexibility index (Phi) is 4.63. The number of aromatic nitrogens is 3. The first-order valence-electron chi connectivity index (χ1n) is 8.67. The number of esters is 1. The van der Waals surface area contributed by atoms with E-state index in [1.807, 2.05) is 37.3 Å². The number of hydrogen-bond acceptors (Lipinski definition) is 5. The fourth-order valence-corrected chi connectivity index (χ4v) is 2.87. The summed E-state index contributed by atoms with van der Waals surface area (Å²) in [5.41, 5.74) is 3.21. The van der Waals surface area contributed by atoms with Crippen molar-refractivity contribution >= 4 is 5.97 Å². The highest BCUT2D eigenvalue weighted by Gasteiger charge is 2.12. The molecule has 0 unspecified atom stereocenters. The van der Waals surface area contributed by atoms with Crippen LogP contribution < -0.4 is 5.69 Å². The third kappa shape index (κ3) is 3.50. The van der Waals surface area contributed by atoms with Crippen molar-refractivity contribution in [1.29, 1.82) is 0 Å². The van der Waals surface area contributed by atoms with Crippen molar-refractivity contribution in [3.05, 3.63) is 94.4 Å². The summed E-state index contributed by atoms with van der Waals surface area (Å²) in [4.78, 5) is 26.7. The van der Waals surface area contributed by atoms with Gasteiger partial charge in [-0.25, -0.2) is 9.59 Å². The van der Waals surface area contributed by atoms with Gasteiger partial charge in [-0.1, -0.05) is 35.5 Å². The molecule has 0 saturated heterocycles. The number of aryl methyl sites for hydroxylation is 1. The first kappa shape index (κ1) is 17.5. The number of hydrogen-bond donors (Lipinski definition) is 1. The summed E-state index contributed by atoms with van der Waals surface area (Å²) in [5, 5.41) is 3.99. The molecule has 0 aliphatic carbocycles. The molecule has 0 saturated carbocycles. The first-order chi connectivity index (χ1) is 13.6. The molecule has 0 atom stereocenters. The van der Waals surface area contributed by atoms with Gasteiger partial charge in [0, 0.05) is 23.5 Å². The Morgan fingerprint density at radius 3 is 2.57 bits per heavy atom. The first-order valence-corrected chi connectivity index (χ1v) is 8.67. The Morgan fingerprint density at radius 2 is 1.89 bits per heavy atom. The summed E-state index contributed by atoms with van der Waals surface area (Å²) in [7, 11) is 0. The number of ether oxygens (including phenoxy) is 1. The van der Waals surface area contributed by atoms with Crippen LogP contribution in [-0.4, -0.2) is 20.7 Å². The van der Waals surface area contributed by atoms with E-state index in [9.17, 15) is 9.59 Å². The van der Waals surface area contributed by atoms with Crippen LogP contribution in [0, 0.1) is 6.92 Å². The molecule has 7 nitrogen and oxygen atoms in total. The lowest BCUT2D eigenvalue weighted by molar-refractivity contribution is 0.0437. The van der Waals surface area contributed by atoms with E-state index >= 15 is 0 Å². The van der Waals surface area contributed by atoms with Crippen LogP contribution in [0.1, 0.15) is 21.8 Å². The summed E-state index contributed by atoms with van der Waals surface area (Å²) in [6.45, 7) is 1.80. The maximum absolute atomic E-state index is 12.3. The topological polar surface area (TPSA) is 90.1 Å². The largest absolute Gasteiger partial charge is 0.454 e. The van der Waals surface area contributed by atoms with Crippen LogP contribution in [0.4, 0.5) is 0 Å². The molecule has 0 spiro atoms. The molecule has 4 aromatic rings. The van der Waals surface area contributed by atoms with Gasteiger partial charge in [0.25, 0.3) is 0 Å². The predicted molar refractivity (Wildman–Crippen MR) is 102 cm³/mol. The standard InChI is InChI=1S/C21H17N3O4/c1-14-12-22-21(26)24(14)17-9-7-16(8-10-17)20(25)27-13-18-11-19(23-28-18)15-5-3-2-4-6-15/h2-12H,13H2,1H3,(H,22,26). The quantitative estimate of drug-likeness (QED) is 0.539. The summed E-state index contributed by atoms with van der Waals surface area (Å²) in [6, 6.07) is 18.0. The summed E-state index contributed by atoms with van der Waals surface area (Å²) >= 11 is 0. The number of carbonyl (C=O) groups is 1. The summed E-state index contributed by atoms with van der Waals surface area (Å²) in [5.74, 6) is -0.0272. The Balaban J connectivity index is 1.42. The van der Waals surface area contributed by atoms with E-state index in [1.54, 1.807) is 36.5 Å². The molecule has 0 fully saturated rings. The lowest BCUT2D eigenvalue weighted by Crippen LogP contribution is -2.16. The van der Waals surface area contributed by atoms with E-state index < -0.39 is 5.97 Å². The minimum atomic E-state index is -0.484. The van der Waals surface area contributed by atoms with Gasteiger partial charge in [0.15, 0.2) is 12.4 Å². The Labute approximate surface area is 160 Å². The minimum absolute atomic E-state index is 0.0171. The Morgan fingerprint density at radius 1 is 1.14 bits per heavy atom. The average molecular weight is 375 g/mol. The molecule has 2 heterocycles. The van der Waals surface area contributed by atoms with Gasteiger partial charge in [-0.15, -0.1) is 0 Å². The highest BCUT2D eigenvalue weighted by molar-refractivity contribution is 5.89. The molecule has 2 aromatic heterocycles. The molecule has 2 aromatic carbocycles. The molecule has 1 N–H and O–H groups in total. The van der Waals surface area contributed by atoms with E-state index in [4.69, 9.17) is 9.26 Å². The van der Waals surface area contributed by atoms with Gasteiger partial charge in [-0.05, 0) is 31.2 Å². The van der Waals surface area contributed by atoms with E-state index in [-0.39, 0.29) is 12.3 Å². The number of nitrogens with zero attached hydrogens (tertiary/aromatic N) is 2. The highest BCUT2D eigenvalue weighted by atomic mass is 16.5. The monoisotopic (exact) mass is 375 g/mol. The van der Waals surface area contributed by atoms with Crippen LogP contribution in [0.15, 0.2) is 76.2 Å². The third-order valence-corrected chi connectivity index (χ3v) is 4.30. The number of rotatable bonds is 5. The number of nitrogens with one attached hydrogen (secondary N) is 1. The van der Waals surface area contributed by atoms with Crippen LogP contribution >= 0.6 is 0 Å². The predicted octanol–water partition coefficient (Wildman–Crippen LogP) is 3.49. The van der Waals surface area contributed by atoms with Crippen molar-refractivity contribution in [1.82, 2.24) is 14.7 Å². The molecule has 28 heavy (non-hydrogen) atoms. The number of benzene rings is 2. The number of carbonyl (C=O) groups excluding carboxylic acids is 1. The van der Waals surface area contributed by atoms with Crippen LogP contribution in [0.3, 0.4) is 0 Å². The van der Waals surface area contributed by atoms with E-state index in [0.29, 0.717) is 22.7 Å². The Bertz CT molecular complexity index is 1150. The zero-order valence-corrected chi connectivity index (χ0v) is 15.1. The van der Waals surface area contributed by atoms with Gasteiger partial charge in [0.2, 0.25) is 0 Å². The third-order valence-electron chi connectivity index (χ3n) is 4.30. The van der Waals surface area contributed by atoms with Crippen molar-refractivity contribution in [2.75, 3.05) is 0 Å². The average Bonchev–Trinajstić information content (AvgIpc) is 3.33. The fraction of sp³-hybridized carbons (Fsp3) is 0.0952. The lowest BCUT2D eigenvalue weighted by atomic mass is 10.1. The molecule has 0 aliphatic rings. The van der Waals surface area contributed by atoms with Crippen LogP contribution in [0.25, 0.3) is 16.9 Å². The van der Waals surface area contributed by atoms with Gasteiger partial charge in [0.1, 0.15) is 5.69 Å². The van der Waals surface area contributed by atoms with Gasteiger partial charge in [0.05, 0.1) is 11.3 Å². The maximum Gasteiger partial charge on any atom is 0.338 e. The molecule has 4 rings (SSSR count). The van der Waals surface area contributed by atoms with Crippen LogP contribution in [0.5, 0.6) is 0 Å². The smallest absolute Gasteiger partial charge is 0.338 e. The fourth-order valence-electron chi connectivity index (χ4n) is 2.87. The molecule has 0 radical (unpaired) electrons. The van der Waals surface area contributed by atoms with Crippen molar-refractivity contribution in [3.63, 3.8) is 0 Å². The van der Waals surface area contributed by atoms with Crippen molar-refractivity contribution < 1.29 is 14.1 Å². The van der Waals surface area contributed by atoms with Crippen LogP contribution in [-0.2, 0) is 11.3 Å². The molecular weight excluding hydrogens is 358 g/mol. The van der Waals surface area contributed by atoms with E-state index in [2.05, 4.69) is 10.1 Å². The second-order valence-electron chi connectivity index (χ2n) is 6.24. The summed E-state index contributed by atoms with van der Waals surface area (Å²) < 4.78 is 12.0. The second-order valence-corrected chi connectivity index (χ2v) is 6.24. The molecule has 7 heteroatoms. The van der Waals surface area contributed by atoms with Crippen molar-refractivity contribution in [3.8, 4) is 16.9 Å².